The fourth-order valence-electron chi connectivity index (χ4n) is 1.97. The van der Waals surface area contributed by atoms with E-state index in [4.69, 9.17) is 11.6 Å². The molecule has 0 spiro atoms. The monoisotopic (exact) mass is 373 g/mol. The van der Waals surface area contributed by atoms with E-state index in [-0.39, 0.29) is 18.3 Å². The number of guanidine groups is 1. The fraction of sp³-hybridized carbons (Fsp3) is 0.588. The molecule has 2 N–H and O–H groups in total. The van der Waals surface area contributed by atoms with Crippen molar-refractivity contribution < 1.29 is 8.42 Å². The van der Waals surface area contributed by atoms with Gasteiger partial charge in [0.15, 0.2) is 15.8 Å². The molecular weight excluding hydrogens is 346 g/mol. The highest BCUT2D eigenvalue weighted by Gasteiger charge is 2.28. The third-order valence-corrected chi connectivity index (χ3v) is 6.43. The van der Waals surface area contributed by atoms with Gasteiger partial charge in [-0.05, 0) is 52.3 Å². The largest absolute Gasteiger partial charge is 0.357 e. The van der Waals surface area contributed by atoms with E-state index in [1.165, 1.54) is 0 Å². The second kappa shape index (κ2) is 8.72. The van der Waals surface area contributed by atoms with E-state index in [1.807, 2.05) is 38.1 Å². The predicted molar refractivity (Wildman–Crippen MR) is 103 cm³/mol. The van der Waals surface area contributed by atoms with Crippen molar-refractivity contribution in [2.75, 3.05) is 18.8 Å². The number of rotatable bonds is 6. The van der Waals surface area contributed by atoms with Crippen molar-refractivity contribution in [1.29, 1.82) is 0 Å². The molecule has 0 heterocycles. The average Bonchev–Trinajstić information content (AvgIpc) is 2.46. The first-order valence-electron chi connectivity index (χ1n) is 8.09. The maximum atomic E-state index is 12.1. The van der Waals surface area contributed by atoms with E-state index >= 15 is 0 Å². The summed E-state index contributed by atoms with van der Waals surface area (Å²) in [6.45, 7) is 10.00. The summed E-state index contributed by atoms with van der Waals surface area (Å²) in [5.41, 5.74) is 1.04. The molecule has 1 rings (SSSR count). The Balaban J connectivity index is 2.76. The lowest BCUT2D eigenvalue weighted by Crippen LogP contribution is -2.39. The molecule has 0 amide bonds. The summed E-state index contributed by atoms with van der Waals surface area (Å²) < 4.78 is 23.5. The van der Waals surface area contributed by atoms with Crippen LogP contribution in [-0.2, 0) is 9.84 Å². The zero-order valence-electron chi connectivity index (χ0n) is 15.1. The van der Waals surface area contributed by atoms with Gasteiger partial charge in [0.25, 0.3) is 0 Å². The molecule has 0 saturated carbocycles. The summed E-state index contributed by atoms with van der Waals surface area (Å²) >= 11 is 6.02. The van der Waals surface area contributed by atoms with Crippen LogP contribution in [0, 0.1) is 0 Å². The van der Waals surface area contributed by atoms with Crippen LogP contribution in [0.5, 0.6) is 0 Å². The lowest BCUT2D eigenvalue weighted by atomic mass is 10.1. The molecule has 5 nitrogen and oxygen atoms in total. The van der Waals surface area contributed by atoms with Crippen molar-refractivity contribution in [1.82, 2.24) is 10.6 Å². The number of hydrogen-bond donors (Lipinski definition) is 2. The van der Waals surface area contributed by atoms with Crippen LogP contribution in [0.1, 0.15) is 46.2 Å². The Kier molecular flexibility index (Phi) is 7.55. The van der Waals surface area contributed by atoms with E-state index < -0.39 is 14.6 Å². The molecule has 0 aliphatic rings. The van der Waals surface area contributed by atoms with Crippen LogP contribution in [0.4, 0.5) is 0 Å². The summed E-state index contributed by atoms with van der Waals surface area (Å²) in [7, 11) is -3.17. The smallest absolute Gasteiger partial charge is 0.191 e. The number of aliphatic imine (C=N–C) groups is 1. The van der Waals surface area contributed by atoms with Gasteiger partial charge >= 0.3 is 0 Å². The maximum absolute atomic E-state index is 12.1. The second-order valence-electron chi connectivity index (χ2n) is 6.61. The molecule has 136 valence electrons. The average molecular weight is 374 g/mol. The minimum absolute atomic E-state index is 0.000670. The molecular formula is C17H28ClN3O2S. The predicted octanol–water partition coefficient (Wildman–Crippen LogP) is 3.17. The number of benzene rings is 1. The minimum Gasteiger partial charge on any atom is -0.357 e. The third-order valence-electron chi connectivity index (χ3n) is 3.61. The molecule has 0 bridgehead atoms. The first kappa shape index (κ1) is 20.8. The van der Waals surface area contributed by atoms with Crippen LogP contribution in [-0.4, -0.2) is 38.0 Å². The second-order valence-corrected chi connectivity index (χ2v) is 9.91. The molecule has 1 aromatic carbocycles. The zero-order valence-corrected chi connectivity index (χ0v) is 16.6. The summed E-state index contributed by atoms with van der Waals surface area (Å²) in [5.74, 6) is 0.618. The Morgan fingerprint density at radius 2 is 2.00 bits per heavy atom. The molecule has 1 aromatic rings. The molecule has 0 radical (unpaired) electrons. The van der Waals surface area contributed by atoms with Crippen LogP contribution in [0.25, 0.3) is 0 Å². The summed E-state index contributed by atoms with van der Waals surface area (Å²) in [5, 5.41) is 7.09. The first-order valence-corrected chi connectivity index (χ1v) is 10.1. The SMILES string of the molecule is CCNC(=NCCS(=O)(=O)C(C)(C)C)NC(C)c1cccc(Cl)c1. The van der Waals surface area contributed by atoms with Crippen LogP contribution < -0.4 is 10.6 Å². The van der Waals surface area contributed by atoms with Gasteiger partial charge in [0, 0.05) is 11.6 Å². The van der Waals surface area contributed by atoms with Crippen molar-refractivity contribution in [3.05, 3.63) is 34.9 Å². The highest BCUT2D eigenvalue weighted by molar-refractivity contribution is 7.92. The number of nitrogens with one attached hydrogen (secondary N) is 2. The number of hydrogen-bond acceptors (Lipinski definition) is 3. The van der Waals surface area contributed by atoms with Crippen LogP contribution in [0.15, 0.2) is 29.3 Å². The maximum Gasteiger partial charge on any atom is 0.191 e. The molecule has 1 atom stereocenters. The Hall–Kier alpha value is -1.27. The first-order chi connectivity index (χ1) is 11.1. The molecule has 0 aromatic heterocycles. The highest BCUT2D eigenvalue weighted by Crippen LogP contribution is 2.17. The highest BCUT2D eigenvalue weighted by atomic mass is 35.5. The van der Waals surface area contributed by atoms with Crippen molar-refractivity contribution >= 4 is 27.4 Å². The van der Waals surface area contributed by atoms with Gasteiger partial charge in [-0.1, -0.05) is 23.7 Å². The van der Waals surface area contributed by atoms with E-state index in [2.05, 4.69) is 15.6 Å². The van der Waals surface area contributed by atoms with Gasteiger partial charge < -0.3 is 10.6 Å². The van der Waals surface area contributed by atoms with E-state index in [9.17, 15) is 8.42 Å². The number of halogens is 1. The van der Waals surface area contributed by atoms with E-state index in [0.717, 1.165) is 5.56 Å². The third kappa shape index (κ3) is 6.32. The standard InChI is InChI=1S/C17H28ClN3O2S/c1-6-19-16(20-10-11-24(22,23)17(3,4)5)21-13(2)14-8-7-9-15(18)12-14/h7-9,12-13H,6,10-11H2,1-5H3,(H2,19,20,21). The van der Waals surface area contributed by atoms with E-state index in [0.29, 0.717) is 17.5 Å². The van der Waals surface area contributed by atoms with Gasteiger partial charge in [0.05, 0.1) is 23.1 Å². The molecule has 0 aliphatic heterocycles. The Morgan fingerprint density at radius 1 is 1.33 bits per heavy atom. The summed E-state index contributed by atoms with van der Waals surface area (Å²) in [6.07, 6.45) is 0. The Morgan fingerprint density at radius 3 is 2.54 bits per heavy atom. The van der Waals surface area contributed by atoms with Crippen molar-refractivity contribution in [2.45, 2.75) is 45.4 Å². The summed E-state index contributed by atoms with van der Waals surface area (Å²) in [6, 6.07) is 7.61. The molecule has 24 heavy (non-hydrogen) atoms. The van der Waals surface area contributed by atoms with Gasteiger partial charge in [0.2, 0.25) is 0 Å². The van der Waals surface area contributed by atoms with E-state index in [1.54, 1.807) is 20.8 Å². The zero-order chi connectivity index (χ0) is 18.4. The minimum atomic E-state index is -3.17. The topological polar surface area (TPSA) is 70.6 Å². The Labute approximate surface area is 150 Å². The molecule has 0 saturated heterocycles. The summed E-state index contributed by atoms with van der Waals surface area (Å²) in [4.78, 5) is 4.38. The van der Waals surface area contributed by atoms with Crippen LogP contribution in [0.2, 0.25) is 5.02 Å². The van der Waals surface area contributed by atoms with Crippen molar-refractivity contribution in [3.8, 4) is 0 Å². The van der Waals surface area contributed by atoms with Gasteiger partial charge in [-0.2, -0.15) is 0 Å². The van der Waals surface area contributed by atoms with Gasteiger partial charge in [-0.3, -0.25) is 4.99 Å². The Bertz CT molecular complexity index is 667. The van der Waals surface area contributed by atoms with Crippen molar-refractivity contribution in [3.63, 3.8) is 0 Å². The number of sulfone groups is 1. The number of nitrogens with zero attached hydrogens (tertiary/aromatic N) is 1. The fourth-order valence-corrected chi connectivity index (χ4v) is 3.11. The molecule has 0 aliphatic carbocycles. The van der Waals surface area contributed by atoms with Crippen molar-refractivity contribution in [2.24, 2.45) is 4.99 Å². The quantitative estimate of drug-likeness (QED) is 0.593. The lowest BCUT2D eigenvalue weighted by molar-refractivity contribution is 0.560. The van der Waals surface area contributed by atoms with Gasteiger partial charge in [-0.25, -0.2) is 8.42 Å². The molecule has 7 heteroatoms. The molecule has 1 unspecified atom stereocenters. The van der Waals surface area contributed by atoms with Crippen LogP contribution >= 0.6 is 11.6 Å². The normalized spacial score (nSPS) is 14.3. The van der Waals surface area contributed by atoms with Gasteiger partial charge in [-0.15, -0.1) is 0 Å². The lowest BCUT2D eigenvalue weighted by Gasteiger charge is -2.20. The molecule has 0 fully saturated rings. The van der Waals surface area contributed by atoms with Gasteiger partial charge in [0.1, 0.15) is 0 Å². The van der Waals surface area contributed by atoms with Crippen LogP contribution in [0.3, 0.4) is 0 Å².